The number of hydrogen-bond acceptors (Lipinski definition) is 6. The maximum absolute atomic E-state index is 5.48. The Hall–Kier alpha value is -1.60. The van der Waals surface area contributed by atoms with Gasteiger partial charge in [-0.25, -0.2) is 0 Å². The number of benzene rings is 2. The van der Waals surface area contributed by atoms with Crippen LogP contribution in [-0.2, 0) is 0 Å². The Morgan fingerprint density at radius 1 is 0.619 bits per heavy atom. The summed E-state index contributed by atoms with van der Waals surface area (Å²) in [4.78, 5) is 0. The average molecular weight is 322 g/mol. The smallest absolute Gasteiger partial charge is 0.529 e. The van der Waals surface area contributed by atoms with Crippen molar-refractivity contribution in [2.24, 2.45) is 0 Å². The molecule has 0 unspecified atom stereocenters. The fraction of sp³-hybridized carbons (Fsp3) is 0.143. The van der Waals surface area contributed by atoms with E-state index in [-0.39, 0.29) is 7.69 Å². The molecule has 0 bridgehead atoms. The third-order valence-corrected chi connectivity index (χ3v) is 2.82. The van der Waals surface area contributed by atoms with Gasteiger partial charge in [0.25, 0.3) is 0 Å². The van der Waals surface area contributed by atoms with Crippen LogP contribution in [0.3, 0.4) is 0 Å². The molecule has 2 rings (SSSR count). The lowest BCUT2D eigenvalue weighted by Crippen LogP contribution is -2.10. The van der Waals surface area contributed by atoms with Crippen molar-refractivity contribution >= 4 is 32.9 Å². The number of ether oxygens (including phenoxy) is 2. The topological polar surface area (TPSA) is 36.9 Å². The second-order valence-corrected chi connectivity index (χ2v) is 4.41. The van der Waals surface area contributed by atoms with Gasteiger partial charge in [0, 0.05) is 0 Å². The normalized spacial score (nSPS) is 9.81. The molecule has 0 atom stereocenters. The van der Waals surface area contributed by atoms with Gasteiger partial charge in [-0.05, 0) is 48.5 Å². The van der Waals surface area contributed by atoms with Gasteiger partial charge >= 0.3 is 7.69 Å². The minimum Gasteiger partial charge on any atom is -0.529 e. The van der Waals surface area contributed by atoms with E-state index < -0.39 is 0 Å². The van der Waals surface area contributed by atoms with E-state index in [0.29, 0.717) is 23.4 Å². The highest BCUT2D eigenvalue weighted by Gasteiger charge is 2.01. The molecule has 0 saturated carbocycles. The van der Waals surface area contributed by atoms with E-state index in [1.54, 1.807) is 0 Å². The Morgan fingerprint density at radius 3 is 1.29 bits per heavy atom. The first-order valence-corrected chi connectivity index (χ1v) is 7.51. The van der Waals surface area contributed by atoms with Crippen molar-refractivity contribution in [3.05, 3.63) is 48.5 Å². The average Bonchev–Trinajstić information content (AvgIpc) is 2.51. The molecule has 21 heavy (non-hydrogen) atoms. The van der Waals surface area contributed by atoms with Crippen LogP contribution < -0.4 is 18.8 Å². The maximum atomic E-state index is 5.48. The number of rotatable bonds is 8. The molecule has 0 aromatic heterocycles. The molecule has 0 amide bonds. The molecule has 0 N–H and O–H groups in total. The molecule has 2 aromatic carbocycles. The van der Waals surface area contributed by atoms with Gasteiger partial charge in [-0.2, -0.15) is 0 Å². The van der Waals surface area contributed by atoms with Gasteiger partial charge < -0.3 is 18.8 Å². The number of hydrogen-bond donors (Lipinski definition) is 2. The van der Waals surface area contributed by atoms with Crippen LogP contribution in [-0.4, -0.2) is 19.6 Å². The molecule has 2 aromatic rings. The van der Waals surface area contributed by atoms with Crippen molar-refractivity contribution < 1.29 is 18.8 Å². The lowest BCUT2D eigenvalue weighted by Gasteiger charge is -2.09. The van der Waals surface area contributed by atoms with Crippen LogP contribution in [0.4, 0.5) is 0 Å². The summed E-state index contributed by atoms with van der Waals surface area (Å²) in [6, 6.07) is 14.5. The molecule has 0 fully saturated rings. The van der Waals surface area contributed by atoms with Gasteiger partial charge in [0.2, 0.25) is 0 Å². The third kappa shape index (κ3) is 5.36. The Labute approximate surface area is 135 Å². The highest BCUT2D eigenvalue weighted by Crippen LogP contribution is 2.19. The van der Waals surface area contributed by atoms with Gasteiger partial charge in [-0.3, -0.25) is 0 Å². The molecular weight excluding hydrogens is 307 g/mol. The second-order valence-electron chi connectivity index (χ2n) is 3.90. The van der Waals surface area contributed by atoms with Crippen molar-refractivity contribution in [1.82, 2.24) is 0 Å². The predicted molar refractivity (Wildman–Crippen MR) is 90.3 cm³/mol. The highest BCUT2D eigenvalue weighted by molar-refractivity contribution is 7.80. The first-order valence-electron chi connectivity index (χ1n) is 6.25. The lowest BCUT2D eigenvalue weighted by atomic mass is 10.3. The molecule has 0 aliphatic heterocycles. The minimum absolute atomic E-state index is 0.125. The third-order valence-electron chi connectivity index (χ3n) is 2.56. The standard InChI is InChI=1S/C14H15BO4S2/c20-9-16-11-1-5-13(6-2-11)18-15-19-14-7-3-12(4-8-14)17-10-21/h1-8,15,20-21H,9-10H2. The Kier molecular flexibility index (Phi) is 6.49. The molecule has 0 radical (unpaired) electrons. The van der Waals surface area contributed by atoms with Crippen LogP contribution in [0.5, 0.6) is 23.0 Å². The van der Waals surface area contributed by atoms with E-state index in [2.05, 4.69) is 25.3 Å². The quantitative estimate of drug-likeness (QED) is 0.445. The van der Waals surface area contributed by atoms with E-state index >= 15 is 0 Å². The summed E-state index contributed by atoms with van der Waals surface area (Å²) in [6.07, 6.45) is 0. The van der Waals surface area contributed by atoms with Crippen molar-refractivity contribution in [2.75, 3.05) is 11.9 Å². The zero-order valence-electron chi connectivity index (χ0n) is 11.3. The van der Waals surface area contributed by atoms with Gasteiger partial charge in [-0.15, -0.1) is 25.3 Å². The summed E-state index contributed by atoms with van der Waals surface area (Å²) in [5.74, 6) is 3.59. The summed E-state index contributed by atoms with van der Waals surface area (Å²) in [7, 11) is 0.125. The summed E-state index contributed by atoms with van der Waals surface area (Å²) >= 11 is 7.98. The largest absolute Gasteiger partial charge is 0.576 e. The van der Waals surface area contributed by atoms with Crippen LogP contribution in [0, 0.1) is 0 Å². The van der Waals surface area contributed by atoms with E-state index in [0.717, 1.165) is 11.5 Å². The van der Waals surface area contributed by atoms with Gasteiger partial charge in [0.1, 0.15) is 34.9 Å². The van der Waals surface area contributed by atoms with Crippen molar-refractivity contribution in [1.29, 1.82) is 0 Å². The summed E-state index contributed by atoms with van der Waals surface area (Å²) < 4.78 is 21.4. The maximum Gasteiger partial charge on any atom is 0.576 e. The summed E-state index contributed by atoms with van der Waals surface area (Å²) in [5, 5.41) is 0. The van der Waals surface area contributed by atoms with Crippen molar-refractivity contribution in [2.45, 2.75) is 0 Å². The Balaban J connectivity index is 1.78. The van der Waals surface area contributed by atoms with Crippen LogP contribution >= 0.6 is 25.3 Å². The minimum atomic E-state index is 0.125. The zero-order chi connectivity index (χ0) is 14.9. The van der Waals surface area contributed by atoms with Gasteiger partial charge in [0.15, 0.2) is 0 Å². The Morgan fingerprint density at radius 2 is 0.952 bits per heavy atom. The molecule has 0 aliphatic rings. The fourth-order valence-electron chi connectivity index (χ4n) is 1.58. The summed E-state index contributed by atoms with van der Waals surface area (Å²) in [5.41, 5.74) is 0. The van der Waals surface area contributed by atoms with Crippen LogP contribution in [0.15, 0.2) is 48.5 Å². The van der Waals surface area contributed by atoms with Crippen molar-refractivity contribution in [3.8, 4) is 23.0 Å². The fourth-order valence-corrected chi connectivity index (χ4v) is 1.88. The molecule has 110 valence electrons. The second kappa shape index (κ2) is 8.64. The molecule has 0 spiro atoms. The van der Waals surface area contributed by atoms with E-state index in [1.807, 2.05) is 48.5 Å². The van der Waals surface area contributed by atoms with Gasteiger partial charge in [0.05, 0.1) is 0 Å². The molecule has 0 heterocycles. The van der Waals surface area contributed by atoms with E-state index in [1.165, 1.54) is 0 Å². The monoisotopic (exact) mass is 322 g/mol. The molecule has 4 nitrogen and oxygen atoms in total. The Bertz CT molecular complexity index is 484. The van der Waals surface area contributed by atoms with E-state index in [4.69, 9.17) is 18.8 Å². The van der Waals surface area contributed by atoms with Crippen LogP contribution in [0.1, 0.15) is 0 Å². The first-order chi connectivity index (χ1) is 10.3. The molecule has 0 saturated heterocycles. The van der Waals surface area contributed by atoms with Gasteiger partial charge in [-0.1, -0.05) is 0 Å². The predicted octanol–water partition coefficient (Wildman–Crippen LogP) is 2.94. The van der Waals surface area contributed by atoms with Crippen LogP contribution in [0.2, 0.25) is 0 Å². The summed E-state index contributed by atoms with van der Waals surface area (Å²) in [6.45, 7) is 0. The first kappa shape index (κ1) is 15.8. The zero-order valence-corrected chi connectivity index (χ0v) is 13.1. The SMILES string of the molecule is SCOc1ccc(OBOc2ccc(OCS)cc2)cc1. The van der Waals surface area contributed by atoms with Crippen LogP contribution in [0.25, 0.3) is 0 Å². The van der Waals surface area contributed by atoms with E-state index in [9.17, 15) is 0 Å². The molecule has 0 aliphatic carbocycles. The highest BCUT2D eigenvalue weighted by atomic mass is 32.1. The molecule has 7 heteroatoms. The van der Waals surface area contributed by atoms with Crippen molar-refractivity contribution in [3.63, 3.8) is 0 Å². The lowest BCUT2D eigenvalue weighted by molar-refractivity contribution is 0.392. The number of thiol groups is 2. The molecular formula is C14H15BO4S2.